The number of fused-ring (bicyclic) bond motifs is 8. The van der Waals surface area contributed by atoms with E-state index in [2.05, 4.69) is 23.0 Å². The summed E-state index contributed by atoms with van der Waals surface area (Å²) in [7, 11) is 0. The normalized spacial score (nSPS) is 19.0. The van der Waals surface area contributed by atoms with Gasteiger partial charge in [0.1, 0.15) is 5.75 Å². The number of anilines is 2. The second kappa shape index (κ2) is 9.80. The second-order valence-corrected chi connectivity index (χ2v) is 11.3. The van der Waals surface area contributed by atoms with Crippen molar-refractivity contribution in [2.24, 2.45) is 9.98 Å². The summed E-state index contributed by atoms with van der Waals surface area (Å²) < 4.78 is 0. The van der Waals surface area contributed by atoms with Gasteiger partial charge in [0.15, 0.2) is 0 Å². The number of aryl methyl sites for hydroxylation is 3. The highest BCUT2D eigenvalue weighted by atomic mass is 16.3. The Morgan fingerprint density at radius 2 is 1.10 bits per heavy atom. The lowest BCUT2D eigenvalue weighted by Gasteiger charge is -2.21. The van der Waals surface area contributed by atoms with Crippen molar-refractivity contribution in [3.8, 4) is 5.75 Å². The van der Waals surface area contributed by atoms with Crippen LogP contribution in [0.3, 0.4) is 0 Å². The van der Waals surface area contributed by atoms with Crippen LogP contribution in [0.2, 0.25) is 0 Å². The molecular weight excluding hydrogens is 524 g/mol. The zero-order valence-corrected chi connectivity index (χ0v) is 23.7. The summed E-state index contributed by atoms with van der Waals surface area (Å²) in [4.78, 5) is 38.6. The number of aliphatic imine (C=N–C) groups is 2. The van der Waals surface area contributed by atoms with Crippen LogP contribution < -0.4 is 9.80 Å². The summed E-state index contributed by atoms with van der Waals surface area (Å²) in [5.41, 5.74) is 9.91. The van der Waals surface area contributed by atoms with Crippen molar-refractivity contribution in [1.29, 1.82) is 0 Å². The van der Waals surface area contributed by atoms with Crippen molar-refractivity contribution in [3.05, 3.63) is 112 Å². The lowest BCUT2D eigenvalue weighted by molar-refractivity contribution is 0.0979. The third-order valence-electron chi connectivity index (χ3n) is 8.62. The van der Waals surface area contributed by atoms with E-state index in [1.165, 1.54) is 16.7 Å². The number of amides is 2. The molecule has 0 saturated heterocycles. The predicted octanol–water partition coefficient (Wildman–Crippen LogP) is 6.58. The Balaban J connectivity index is 0.000000137. The van der Waals surface area contributed by atoms with E-state index in [4.69, 9.17) is 0 Å². The van der Waals surface area contributed by atoms with Gasteiger partial charge >= 0.3 is 0 Å². The lowest BCUT2D eigenvalue weighted by atomic mass is 10.0. The van der Waals surface area contributed by atoms with Gasteiger partial charge < -0.3 is 5.11 Å². The fourth-order valence-electron chi connectivity index (χ4n) is 6.22. The third kappa shape index (κ3) is 4.12. The summed E-state index contributed by atoms with van der Waals surface area (Å²) in [6.45, 7) is 5.87. The van der Waals surface area contributed by atoms with E-state index in [1.54, 1.807) is 30.2 Å². The van der Waals surface area contributed by atoms with Gasteiger partial charge in [0.05, 0.1) is 34.6 Å². The number of para-hydroxylation sites is 2. The Morgan fingerprint density at radius 3 is 1.64 bits per heavy atom. The Bertz CT molecular complexity index is 1720. The number of hydrogen-bond donors (Lipinski definition) is 1. The topological polar surface area (TPSA) is 85.6 Å². The first-order chi connectivity index (χ1) is 20.3. The monoisotopic (exact) mass is 554 g/mol. The number of phenols is 1. The van der Waals surface area contributed by atoms with Crippen molar-refractivity contribution in [1.82, 2.24) is 0 Å². The highest BCUT2D eigenvalue weighted by Crippen LogP contribution is 2.39. The van der Waals surface area contributed by atoms with Gasteiger partial charge in [0.2, 0.25) is 0 Å². The van der Waals surface area contributed by atoms with E-state index in [0.29, 0.717) is 22.4 Å². The maximum Gasteiger partial charge on any atom is 0.261 e. The first-order valence-electron chi connectivity index (χ1n) is 14.2. The lowest BCUT2D eigenvalue weighted by Crippen LogP contribution is -2.37. The van der Waals surface area contributed by atoms with E-state index in [1.807, 2.05) is 72.6 Å². The van der Waals surface area contributed by atoms with Gasteiger partial charge in [-0.1, -0.05) is 36.4 Å². The Kier molecular flexibility index (Phi) is 6.04. The largest absolute Gasteiger partial charge is 0.508 e. The molecule has 42 heavy (non-hydrogen) atoms. The first-order valence-corrected chi connectivity index (χ1v) is 14.2. The van der Waals surface area contributed by atoms with Crippen LogP contribution in [0.25, 0.3) is 0 Å². The standard InChI is InChI=1S/C18H16N2O.C17H14N2O2/c1-11-7-15-16(8-12(11)2)19-10-14-9-13-5-3-4-6-17(13)20(14)18(15)21;1-10-6-13-14(8-16(10)20)18-9-12-7-11-4-2-3-5-15(11)19(12)17(13)21/h3-8,10,14H,9H2,1-2H3;2-6,8-9,12,20H,7H2,1H3/t14-;12-/m00/s1. The molecule has 0 radical (unpaired) electrons. The Hall–Kier alpha value is -5.04. The molecule has 4 aliphatic rings. The van der Waals surface area contributed by atoms with Crippen LogP contribution in [0, 0.1) is 20.8 Å². The molecular formula is C35H30N4O3. The fraction of sp³-hybridized carbons (Fsp3) is 0.200. The molecule has 7 heteroatoms. The molecule has 0 saturated carbocycles. The number of nitrogens with zero attached hydrogens (tertiary/aromatic N) is 4. The molecule has 4 aromatic carbocycles. The van der Waals surface area contributed by atoms with Gasteiger partial charge in [-0.15, -0.1) is 0 Å². The fourth-order valence-corrected chi connectivity index (χ4v) is 6.22. The van der Waals surface area contributed by atoms with Crippen LogP contribution >= 0.6 is 0 Å². The number of aromatic hydroxyl groups is 1. The summed E-state index contributed by atoms with van der Waals surface area (Å²) in [5, 5.41) is 9.82. The highest BCUT2D eigenvalue weighted by molar-refractivity contribution is 6.15. The average molecular weight is 555 g/mol. The van der Waals surface area contributed by atoms with Crippen molar-refractivity contribution in [3.63, 3.8) is 0 Å². The maximum absolute atomic E-state index is 13.0. The molecule has 0 aromatic heterocycles. The minimum Gasteiger partial charge on any atom is -0.508 e. The van der Waals surface area contributed by atoms with E-state index >= 15 is 0 Å². The molecule has 4 heterocycles. The van der Waals surface area contributed by atoms with Crippen LogP contribution in [-0.4, -0.2) is 41.4 Å². The van der Waals surface area contributed by atoms with Gasteiger partial charge in [-0.25, -0.2) is 0 Å². The minimum atomic E-state index is -0.0550. The Morgan fingerprint density at radius 1 is 0.643 bits per heavy atom. The molecule has 7 nitrogen and oxygen atoms in total. The van der Waals surface area contributed by atoms with E-state index in [-0.39, 0.29) is 29.6 Å². The van der Waals surface area contributed by atoms with E-state index < -0.39 is 0 Å². The molecule has 208 valence electrons. The van der Waals surface area contributed by atoms with E-state index in [9.17, 15) is 14.7 Å². The van der Waals surface area contributed by atoms with Gasteiger partial charge in [0, 0.05) is 42.7 Å². The zero-order valence-electron chi connectivity index (χ0n) is 23.7. The van der Waals surface area contributed by atoms with Crippen LogP contribution in [0.1, 0.15) is 48.5 Å². The molecule has 0 bridgehead atoms. The minimum absolute atomic E-state index is 0.0305. The number of carbonyl (C=O) groups excluding carboxylic acids is 2. The molecule has 8 rings (SSSR count). The second-order valence-electron chi connectivity index (χ2n) is 11.3. The molecule has 0 aliphatic carbocycles. The van der Waals surface area contributed by atoms with Crippen LogP contribution in [0.4, 0.5) is 22.7 Å². The predicted molar refractivity (Wildman–Crippen MR) is 167 cm³/mol. The molecule has 0 unspecified atom stereocenters. The van der Waals surface area contributed by atoms with Gasteiger partial charge in [-0.3, -0.25) is 29.4 Å². The van der Waals surface area contributed by atoms with Crippen molar-refractivity contribution < 1.29 is 14.7 Å². The number of hydrogen-bond acceptors (Lipinski definition) is 5. The van der Waals surface area contributed by atoms with Crippen LogP contribution in [-0.2, 0) is 12.8 Å². The van der Waals surface area contributed by atoms with Crippen LogP contribution in [0.15, 0.2) is 82.8 Å². The molecule has 4 aromatic rings. The quantitative estimate of drug-likeness (QED) is 0.267. The summed E-state index contributed by atoms with van der Waals surface area (Å²) >= 11 is 0. The van der Waals surface area contributed by atoms with Crippen LogP contribution in [0.5, 0.6) is 5.75 Å². The molecule has 0 fully saturated rings. The summed E-state index contributed by atoms with van der Waals surface area (Å²) in [6.07, 6.45) is 5.35. The van der Waals surface area contributed by atoms with Gasteiger partial charge in [-0.05, 0) is 78.9 Å². The maximum atomic E-state index is 13.0. The third-order valence-corrected chi connectivity index (χ3v) is 8.62. The average Bonchev–Trinajstić information content (AvgIpc) is 3.48. The molecule has 1 N–H and O–H groups in total. The number of benzene rings is 4. The van der Waals surface area contributed by atoms with Crippen molar-refractivity contribution >= 4 is 47.0 Å². The summed E-state index contributed by atoms with van der Waals surface area (Å²) in [5.74, 6) is 0.169. The highest BCUT2D eigenvalue weighted by Gasteiger charge is 2.37. The number of carbonyl (C=O) groups is 2. The molecule has 2 atom stereocenters. The molecule has 2 amide bonds. The number of rotatable bonds is 0. The Labute approximate surface area is 244 Å². The molecule has 0 spiro atoms. The summed E-state index contributed by atoms with van der Waals surface area (Å²) in [6, 6.07) is 23.3. The number of phenolic OH excluding ortho intramolecular Hbond substituents is 1. The van der Waals surface area contributed by atoms with E-state index in [0.717, 1.165) is 35.5 Å². The van der Waals surface area contributed by atoms with Crippen molar-refractivity contribution in [2.75, 3.05) is 9.80 Å². The molecule has 4 aliphatic heterocycles. The first kappa shape index (κ1) is 25.9. The van der Waals surface area contributed by atoms with Gasteiger partial charge in [0.25, 0.3) is 11.8 Å². The smallest absolute Gasteiger partial charge is 0.261 e. The van der Waals surface area contributed by atoms with Crippen molar-refractivity contribution in [2.45, 2.75) is 45.7 Å². The van der Waals surface area contributed by atoms with Gasteiger partial charge in [-0.2, -0.15) is 0 Å². The zero-order chi connectivity index (χ0) is 29.1. The SMILES string of the molecule is Cc1cc2c(cc1C)C(=O)N1c3ccccc3C[C@H]1C=N2.Cc1cc2c(cc1O)N=C[C@@H]1Cc3ccccc3N1C2=O.